The largest absolute Gasteiger partial charge is 0.457 e. The van der Waals surface area contributed by atoms with Crippen LogP contribution in [0, 0.1) is 0 Å². The van der Waals surface area contributed by atoms with Gasteiger partial charge in [-0.25, -0.2) is 0 Å². The van der Waals surface area contributed by atoms with E-state index in [-0.39, 0.29) is 5.96 Å². The first-order valence-corrected chi connectivity index (χ1v) is 5.37. The number of benzene rings is 1. The monoisotopic (exact) mass is 243 g/mol. The molecular formula is C13H13N3O2. The van der Waals surface area contributed by atoms with Crippen molar-refractivity contribution in [2.75, 3.05) is 0 Å². The molecule has 0 aliphatic carbocycles. The Kier molecular flexibility index (Phi) is 3.14. The lowest BCUT2D eigenvalue weighted by molar-refractivity contribution is -0.114. The highest BCUT2D eigenvalue weighted by Gasteiger charge is 2.06. The normalized spacial score (nSPS) is 11.5. The molecule has 2 aromatic rings. The number of furan rings is 1. The topological polar surface area (TPSA) is 94.6 Å². The highest BCUT2D eigenvalue weighted by atomic mass is 16.3. The number of carbonyl (C=O) groups excluding carboxylic acids is 1. The van der Waals surface area contributed by atoms with Crippen LogP contribution >= 0.6 is 0 Å². The van der Waals surface area contributed by atoms with Crippen LogP contribution in [0.1, 0.15) is 12.7 Å². The summed E-state index contributed by atoms with van der Waals surface area (Å²) in [6, 6.07) is 9.45. The zero-order valence-electron chi connectivity index (χ0n) is 9.88. The molecular weight excluding hydrogens is 230 g/mol. The van der Waals surface area contributed by atoms with Crippen molar-refractivity contribution in [3.8, 4) is 0 Å². The summed E-state index contributed by atoms with van der Waals surface area (Å²) in [5.41, 5.74) is 11.5. The molecule has 1 aromatic carbocycles. The number of carbonyl (C=O) groups is 1. The summed E-state index contributed by atoms with van der Waals surface area (Å²) in [6.45, 7) is 1.63. The minimum atomic E-state index is -0.476. The lowest BCUT2D eigenvalue weighted by Gasteiger charge is -1.94. The van der Waals surface area contributed by atoms with E-state index in [1.807, 2.05) is 30.3 Å². The van der Waals surface area contributed by atoms with Crippen molar-refractivity contribution >= 4 is 28.9 Å². The summed E-state index contributed by atoms with van der Waals surface area (Å²) < 4.78 is 5.55. The zero-order chi connectivity index (χ0) is 13.1. The Labute approximate surface area is 104 Å². The second-order valence-electron chi connectivity index (χ2n) is 3.86. The molecule has 0 saturated heterocycles. The molecule has 0 radical (unpaired) electrons. The first-order chi connectivity index (χ1) is 8.56. The van der Waals surface area contributed by atoms with Gasteiger partial charge in [0.05, 0.1) is 0 Å². The van der Waals surface area contributed by atoms with E-state index < -0.39 is 5.91 Å². The fraction of sp³-hybridized carbons (Fsp3) is 0.0769. The second kappa shape index (κ2) is 4.75. The number of fused-ring (bicyclic) bond motifs is 1. The fourth-order valence-electron chi connectivity index (χ4n) is 1.55. The Balaban J connectivity index is 2.32. The molecule has 5 heteroatoms. The molecule has 92 valence electrons. The van der Waals surface area contributed by atoms with Crippen LogP contribution in [0.3, 0.4) is 0 Å². The van der Waals surface area contributed by atoms with Crippen molar-refractivity contribution in [1.82, 2.24) is 0 Å². The van der Waals surface area contributed by atoms with Crippen LogP contribution in [-0.2, 0) is 4.79 Å². The third-order valence-corrected chi connectivity index (χ3v) is 2.37. The van der Waals surface area contributed by atoms with Crippen LogP contribution in [0.2, 0.25) is 0 Å². The van der Waals surface area contributed by atoms with Gasteiger partial charge in [-0.2, -0.15) is 4.99 Å². The predicted octanol–water partition coefficient (Wildman–Crippen LogP) is 1.64. The van der Waals surface area contributed by atoms with Crippen molar-refractivity contribution in [2.24, 2.45) is 16.5 Å². The Morgan fingerprint density at radius 2 is 2.06 bits per heavy atom. The van der Waals surface area contributed by atoms with E-state index in [2.05, 4.69) is 4.99 Å². The lowest BCUT2D eigenvalue weighted by Crippen LogP contribution is -2.24. The van der Waals surface area contributed by atoms with E-state index in [9.17, 15) is 4.79 Å². The Morgan fingerprint density at radius 3 is 2.72 bits per heavy atom. The molecule has 0 unspecified atom stereocenters. The molecule has 0 aliphatic heterocycles. The lowest BCUT2D eigenvalue weighted by atomic mass is 10.2. The summed E-state index contributed by atoms with van der Waals surface area (Å²) in [4.78, 5) is 15.0. The number of rotatable bonds is 2. The number of nitrogens with two attached hydrogens (primary N) is 2. The molecule has 1 heterocycles. The summed E-state index contributed by atoms with van der Waals surface area (Å²) in [6.07, 6.45) is 1.61. The van der Waals surface area contributed by atoms with Gasteiger partial charge in [0.25, 0.3) is 5.91 Å². The summed E-state index contributed by atoms with van der Waals surface area (Å²) >= 11 is 0. The van der Waals surface area contributed by atoms with Gasteiger partial charge in [0.2, 0.25) is 0 Å². The summed E-state index contributed by atoms with van der Waals surface area (Å²) in [7, 11) is 0. The molecule has 0 bridgehead atoms. The molecule has 4 N–H and O–H groups in total. The second-order valence-corrected chi connectivity index (χ2v) is 3.86. The van der Waals surface area contributed by atoms with Crippen LogP contribution in [0.25, 0.3) is 17.0 Å². The van der Waals surface area contributed by atoms with Gasteiger partial charge in [0.15, 0.2) is 5.96 Å². The maximum absolute atomic E-state index is 11.5. The molecule has 1 amide bonds. The molecule has 1 aromatic heterocycles. The van der Waals surface area contributed by atoms with Crippen molar-refractivity contribution in [3.05, 3.63) is 41.7 Å². The number of amides is 1. The van der Waals surface area contributed by atoms with E-state index in [1.54, 1.807) is 13.0 Å². The molecule has 5 nitrogen and oxygen atoms in total. The number of para-hydroxylation sites is 1. The first kappa shape index (κ1) is 11.9. The van der Waals surface area contributed by atoms with E-state index in [0.29, 0.717) is 11.3 Å². The summed E-state index contributed by atoms with van der Waals surface area (Å²) in [5, 5.41) is 0.978. The van der Waals surface area contributed by atoms with Crippen LogP contribution in [-0.4, -0.2) is 11.9 Å². The van der Waals surface area contributed by atoms with E-state index in [4.69, 9.17) is 15.9 Å². The van der Waals surface area contributed by atoms with Gasteiger partial charge in [-0.1, -0.05) is 18.2 Å². The highest BCUT2D eigenvalue weighted by Crippen LogP contribution is 2.20. The van der Waals surface area contributed by atoms with Gasteiger partial charge < -0.3 is 15.9 Å². The van der Waals surface area contributed by atoms with E-state index in [0.717, 1.165) is 11.0 Å². The summed E-state index contributed by atoms with van der Waals surface area (Å²) in [5.74, 6) is -0.138. The van der Waals surface area contributed by atoms with E-state index in [1.165, 1.54) is 0 Å². The van der Waals surface area contributed by atoms with Gasteiger partial charge in [-0.15, -0.1) is 0 Å². The molecule has 0 spiro atoms. The minimum absolute atomic E-state index is 0.252. The number of nitrogens with zero attached hydrogens (tertiary/aromatic N) is 1. The number of hydrogen-bond donors (Lipinski definition) is 2. The van der Waals surface area contributed by atoms with Crippen molar-refractivity contribution in [2.45, 2.75) is 6.92 Å². The smallest absolute Gasteiger partial charge is 0.275 e. The molecule has 0 aliphatic rings. The average molecular weight is 243 g/mol. The third kappa shape index (κ3) is 2.57. The molecule has 0 atom stereocenters. The number of hydrogen-bond acceptors (Lipinski definition) is 2. The standard InChI is InChI=1S/C13H13N3O2/c1-8(12(17)16-13(14)15)6-10-7-9-4-2-3-5-11(9)18-10/h2-7H,1H3,(H4,14,15,16,17)/b8-6+. The van der Waals surface area contributed by atoms with Crippen LogP contribution in [0.5, 0.6) is 0 Å². The average Bonchev–Trinajstić information content (AvgIpc) is 2.69. The van der Waals surface area contributed by atoms with Gasteiger partial charge >= 0.3 is 0 Å². The quantitative estimate of drug-likeness (QED) is 0.476. The first-order valence-electron chi connectivity index (χ1n) is 5.37. The van der Waals surface area contributed by atoms with E-state index >= 15 is 0 Å². The highest BCUT2D eigenvalue weighted by molar-refractivity contribution is 6.03. The van der Waals surface area contributed by atoms with Gasteiger partial charge in [0, 0.05) is 11.0 Å². The number of guanidine groups is 1. The Bertz CT molecular complexity index is 616. The van der Waals surface area contributed by atoms with Crippen LogP contribution < -0.4 is 11.5 Å². The maximum Gasteiger partial charge on any atom is 0.275 e. The predicted molar refractivity (Wildman–Crippen MR) is 70.7 cm³/mol. The molecule has 0 saturated carbocycles. The molecule has 0 fully saturated rings. The molecule has 18 heavy (non-hydrogen) atoms. The third-order valence-electron chi connectivity index (χ3n) is 2.37. The SMILES string of the molecule is C/C(=C\c1cc2ccccc2o1)C(=O)N=C(N)N. The maximum atomic E-state index is 11.5. The van der Waals surface area contributed by atoms with Crippen molar-refractivity contribution < 1.29 is 9.21 Å². The van der Waals surface area contributed by atoms with Gasteiger partial charge in [-0.3, -0.25) is 4.79 Å². The van der Waals surface area contributed by atoms with Crippen LogP contribution in [0.4, 0.5) is 0 Å². The van der Waals surface area contributed by atoms with Gasteiger partial charge in [-0.05, 0) is 25.1 Å². The van der Waals surface area contributed by atoms with Gasteiger partial charge in [0.1, 0.15) is 11.3 Å². The van der Waals surface area contributed by atoms with Crippen LogP contribution in [0.15, 0.2) is 45.3 Å². The zero-order valence-corrected chi connectivity index (χ0v) is 9.88. The Morgan fingerprint density at radius 1 is 1.33 bits per heavy atom. The van der Waals surface area contributed by atoms with Crippen molar-refractivity contribution in [3.63, 3.8) is 0 Å². The number of aliphatic imine (C=N–C) groups is 1. The molecule has 2 rings (SSSR count). The Hall–Kier alpha value is -2.56. The van der Waals surface area contributed by atoms with Crippen molar-refractivity contribution in [1.29, 1.82) is 0 Å². The minimum Gasteiger partial charge on any atom is -0.457 e. The fourth-order valence-corrected chi connectivity index (χ4v) is 1.55.